The highest BCUT2D eigenvalue weighted by molar-refractivity contribution is 7.89. The number of pyridine rings is 1. The summed E-state index contributed by atoms with van der Waals surface area (Å²) in [5, 5.41) is 4.01. The molecule has 2 heterocycles. The Bertz CT molecular complexity index is 804. The van der Waals surface area contributed by atoms with Gasteiger partial charge in [-0.05, 0) is 44.5 Å². The van der Waals surface area contributed by atoms with E-state index in [0.29, 0.717) is 23.4 Å². The molecule has 0 amide bonds. The maximum absolute atomic E-state index is 13.1. The highest BCUT2D eigenvalue weighted by Crippen LogP contribution is 2.28. The fourth-order valence-electron chi connectivity index (χ4n) is 3.00. The van der Waals surface area contributed by atoms with Crippen LogP contribution < -0.4 is 5.32 Å². The second kappa shape index (κ2) is 5.61. The van der Waals surface area contributed by atoms with Gasteiger partial charge in [-0.25, -0.2) is 8.42 Å². The van der Waals surface area contributed by atoms with E-state index in [0.717, 1.165) is 11.1 Å². The van der Waals surface area contributed by atoms with E-state index in [1.165, 1.54) is 0 Å². The molecule has 1 saturated heterocycles. The van der Waals surface area contributed by atoms with Crippen LogP contribution in [-0.4, -0.2) is 42.9 Å². The number of benzene rings is 1. The summed E-state index contributed by atoms with van der Waals surface area (Å²) < 4.78 is 27.9. The van der Waals surface area contributed by atoms with E-state index in [1.54, 1.807) is 22.6 Å². The molecular weight excluding hydrogens is 298 g/mol. The number of hydrogen-bond donors (Lipinski definition) is 1. The molecule has 3 rings (SSSR count). The zero-order valence-corrected chi connectivity index (χ0v) is 13.9. The molecule has 0 saturated carbocycles. The molecule has 1 aromatic heterocycles. The lowest BCUT2D eigenvalue weighted by Crippen LogP contribution is -2.57. The number of aromatic nitrogens is 1. The monoisotopic (exact) mass is 319 g/mol. The zero-order chi connectivity index (χ0) is 15.9. The van der Waals surface area contributed by atoms with Crippen LogP contribution in [0.1, 0.15) is 19.4 Å². The predicted octanol–water partition coefficient (Wildman–Crippen LogP) is 1.91. The van der Waals surface area contributed by atoms with Gasteiger partial charge in [-0.3, -0.25) is 4.98 Å². The van der Waals surface area contributed by atoms with Crippen molar-refractivity contribution in [2.45, 2.75) is 37.8 Å². The largest absolute Gasteiger partial charge is 0.311 e. The van der Waals surface area contributed by atoms with E-state index in [4.69, 9.17) is 0 Å². The first-order valence-corrected chi connectivity index (χ1v) is 8.96. The third-order valence-electron chi connectivity index (χ3n) is 4.49. The van der Waals surface area contributed by atoms with Crippen molar-refractivity contribution in [3.8, 4) is 0 Å². The smallest absolute Gasteiger partial charge is 0.244 e. The fourth-order valence-corrected chi connectivity index (χ4v) is 4.89. The zero-order valence-electron chi connectivity index (χ0n) is 13.1. The van der Waals surface area contributed by atoms with E-state index >= 15 is 0 Å². The normalized spacial score (nSPS) is 23.8. The van der Waals surface area contributed by atoms with Gasteiger partial charge in [0.25, 0.3) is 0 Å². The number of hydrogen-bond acceptors (Lipinski definition) is 4. The third kappa shape index (κ3) is 2.41. The Balaban J connectivity index is 2.16. The van der Waals surface area contributed by atoms with Crippen molar-refractivity contribution in [1.29, 1.82) is 0 Å². The summed E-state index contributed by atoms with van der Waals surface area (Å²) in [5.41, 5.74) is 1.73. The SMILES string of the molecule is Cc1ccc(S(=O)(=O)N2CCNC(C)C2C)c2cccnc12. The van der Waals surface area contributed by atoms with Crippen LogP contribution >= 0.6 is 0 Å². The summed E-state index contributed by atoms with van der Waals surface area (Å²) in [6.07, 6.45) is 1.70. The molecule has 2 aromatic rings. The van der Waals surface area contributed by atoms with Gasteiger partial charge in [0.05, 0.1) is 10.4 Å². The van der Waals surface area contributed by atoms with Gasteiger partial charge in [0.2, 0.25) is 10.0 Å². The molecule has 0 radical (unpaired) electrons. The molecule has 1 aliphatic rings. The highest BCUT2D eigenvalue weighted by atomic mass is 32.2. The van der Waals surface area contributed by atoms with Crippen molar-refractivity contribution in [2.75, 3.05) is 13.1 Å². The summed E-state index contributed by atoms with van der Waals surface area (Å²) in [5.74, 6) is 0. The van der Waals surface area contributed by atoms with Gasteiger partial charge in [0.15, 0.2) is 0 Å². The van der Waals surface area contributed by atoms with Crippen LogP contribution in [0.25, 0.3) is 10.9 Å². The number of nitrogens with one attached hydrogen (secondary N) is 1. The standard InChI is InChI=1S/C16H21N3O2S/c1-11-6-7-15(14-5-4-8-18-16(11)14)22(20,21)19-10-9-17-12(2)13(19)3/h4-8,12-13,17H,9-10H2,1-3H3. The molecule has 118 valence electrons. The number of fused-ring (bicyclic) bond motifs is 1. The first-order valence-electron chi connectivity index (χ1n) is 7.52. The van der Waals surface area contributed by atoms with Gasteiger partial charge >= 0.3 is 0 Å². The Morgan fingerprint density at radius 2 is 2.05 bits per heavy atom. The summed E-state index contributed by atoms with van der Waals surface area (Å²) in [6.45, 7) is 7.07. The van der Waals surface area contributed by atoms with Crippen molar-refractivity contribution in [2.24, 2.45) is 0 Å². The van der Waals surface area contributed by atoms with Crippen LogP contribution in [0.3, 0.4) is 0 Å². The Kier molecular flexibility index (Phi) is 3.92. The lowest BCUT2D eigenvalue weighted by atomic mass is 10.1. The number of aryl methyl sites for hydroxylation is 1. The molecule has 1 aromatic carbocycles. The van der Waals surface area contributed by atoms with Crippen molar-refractivity contribution >= 4 is 20.9 Å². The topological polar surface area (TPSA) is 62.3 Å². The summed E-state index contributed by atoms with van der Waals surface area (Å²) in [6, 6.07) is 7.21. The van der Waals surface area contributed by atoms with Gasteiger partial charge in [-0.15, -0.1) is 0 Å². The van der Waals surface area contributed by atoms with Crippen LogP contribution in [0.4, 0.5) is 0 Å². The van der Waals surface area contributed by atoms with E-state index < -0.39 is 10.0 Å². The van der Waals surface area contributed by atoms with Gasteiger partial charge in [-0.1, -0.05) is 6.07 Å². The molecule has 2 unspecified atom stereocenters. The van der Waals surface area contributed by atoms with E-state index in [-0.39, 0.29) is 12.1 Å². The molecule has 0 aliphatic carbocycles. The third-order valence-corrected chi connectivity index (χ3v) is 6.54. The number of nitrogens with zero attached hydrogens (tertiary/aromatic N) is 2. The summed E-state index contributed by atoms with van der Waals surface area (Å²) in [7, 11) is -3.53. The maximum Gasteiger partial charge on any atom is 0.244 e. The van der Waals surface area contributed by atoms with Gasteiger partial charge in [0, 0.05) is 36.8 Å². The molecule has 2 atom stereocenters. The number of piperazine rings is 1. The van der Waals surface area contributed by atoms with Gasteiger partial charge in [-0.2, -0.15) is 4.31 Å². The van der Waals surface area contributed by atoms with Crippen LogP contribution in [0.5, 0.6) is 0 Å². The molecule has 5 nitrogen and oxygen atoms in total. The number of rotatable bonds is 2. The second-order valence-electron chi connectivity index (χ2n) is 5.88. The van der Waals surface area contributed by atoms with E-state index in [9.17, 15) is 8.42 Å². The summed E-state index contributed by atoms with van der Waals surface area (Å²) in [4.78, 5) is 4.69. The van der Waals surface area contributed by atoms with Gasteiger partial charge < -0.3 is 5.32 Å². The maximum atomic E-state index is 13.1. The van der Waals surface area contributed by atoms with Crippen molar-refractivity contribution in [3.63, 3.8) is 0 Å². The fraction of sp³-hybridized carbons (Fsp3) is 0.438. The average Bonchev–Trinajstić information content (AvgIpc) is 2.50. The number of sulfonamides is 1. The van der Waals surface area contributed by atoms with Crippen molar-refractivity contribution in [3.05, 3.63) is 36.0 Å². The Morgan fingerprint density at radius 1 is 1.27 bits per heavy atom. The first-order chi connectivity index (χ1) is 10.4. The van der Waals surface area contributed by atoms with Crippen LogP contribution in [0.2, 0.25) is 0 Å². The Labute approximate surface area is 131 Å². The van der Waals surface area contributed by atoms with Crippen molar-refractivity contribution < 1.29 is 8.42 Å². The van der Waals surface area contributed by atoms with Crippen molar-refractivity contribution in [1.82, 2.24) is 14.6 Å². The van der Waals surface area contributed by atoms with Crippen LogP contribution in [0, 0.1) is 6.92 Å². The highest BCUT2D eigenvalue weighted by Gasteiger charge is 2.35. The minimum absolute atomic E-state index is 0.0771. The van der Waals surface area contributed by atoms with Crippen LogP contribution in [-0.2, 0) is 10.0 Å². The lowest BCUT2D eigenvalue weighted by Gasteiger charge is -2.37. The first kappa shape index (κ1) is 15.4. The Hall–Kier alpha value is -1.50. The average molecular weight is 319 g/mol. The molecule has 1 aliphatic heterocycles. The lowest BCUT2D eigenvalue weighted by molar-refractivity contribution is 0.233. The molecule has 1 fully saturated rings. The molecule has 22 heavy (non-hydrogen) atoms. The molecular formula is C16H21N3O2S. The predicted molar refractivity (Wildman–Crippen MR) is 87.3 cm³/mol. The Morgan fingerprint density at radius 3 is 2.82 bits per heavy atom. The summed E-state index contributed by atoms with van der Waals surface area (Å²) >= 11 is 0. The van der Waals surface area contributed by atoms with Gasteiger partial charge in [0.1, 0.15) is 0 Å². The second-order valence-corrected chi connectivity index (χ2v) is 7.74. The van der Waals surface area contributed by atoms with E-state index in [2.05, 4.69) is 10.3 Å². The molecule has 0 spiro atoms. The molecule has 1 N–H and O–H groups in total. The molecule has 6 heteroatoms. The quantitative estimate of drug-likeness (QED) is 0.918. The van der Waals surface area contributed by atoms with Crippen LogP contribution in [0.15, 0.2) is 35.4 Å². The molecule has 0 bridgehead atoms. The minimum Gasteiger partial charge on any atom is -0.311 e. The van der Waals surface area contributed by atoms with E-state index in [1.807, 2.05) is 32.9 Å². The minimum atomic E-state index is -3.53.